The molecule has 1 atom stereocenters. The van der Waals surface area contributed by atoms with Crippen molar-refractivity contribution in [3.05, 3.63) is 94.6 Å². The van der Waals surface area contributed by atoms with Crippen LogP contribution in [0.3, 0.4) is 0 Å². The van der Waals surface area contributed by atoms with Crippen LogP contribution < -0.4 is 10.9 Å². The van der Waals surface area contributed by atoms with E-state index in [0.29, 0.717) is 29.8 Å². The first-order chi connectivity index (χ1) is 21.1. The summed E-state index contributed by atoms with van der Waals surface area (Å²) >= 11 is 0. The highest BCUT2D eigenvalue weighted by molar-refractivity contribution is 5.95. The molecule has 44 heavy (non-hydrogen) atoms. The number of aromatic nitrogens is 5. The van der Waals surface area contributed by atoms with Crippen molar-refractivity contribution >= 4 is 34.8 Å². The van der Waals surface area contributed by atoms with E-state index in [1.807, 2.05) is 18.2 Å². The third kappa shape index (κ3) is 8.37. The number of likely N-dealkylation sites (N-methyl/N-ethyl adjacent to an activating group) is 1. The van der Waals surface area contributed by atoms with E-state index in [-0.39, 0.29) is 24.6 Å². The number of benzene rings is 1. The summed E-state index contributed by atoms with van der Waals surface area (Å²) in [6, 6.07) is 13.2. The zero-order valence-electron chi connectivity index (χ0n) is 25.2. The number of hydrogen-bond acceptors (Lipinski definition) is 8. The number of aromatic amines is 1. The molecule has 0 bridgehead atoms. The summed E-state index contributed by atoms with van der Waals surface area (Å²) in [6.45, 7) is 0.0980. The number of carbonyl (C=O) groups excluding carboxylic acids is 3. The third-order valence-electron chi connectivity index (χ3n) is 6.70. The van der Waals surface area contributed by atoms with Crippen LogP contribution in [0.25, 0.3) is 11.2 Å². The molecule has 0 spiro atoms. The maximum absolute atomic E-state index is 13.3. The van der Waals surface area contributed by atoms with Crippen molar-refractivity contribution in [1.29, 1.82) is 0 Å². The number of H-pyrrole nitrogens is 1. The number of nitrogens with zero attached hydrogens (tertiary/aromatic N) is 6. The summed E-state index contributed by atoms with van der Waals surface area (Å²) in [5.74, 6) is -0.366. The number of fused-ring (bicyclic) bond motifs is 1. The number of carbonyl (C=O) groups is 3. The van der Waals surface area contributed by atoms with Crippen LogP contribution in [0, 0.1) is 0 Å². The van der Waals surface area contributed by atoms with Gasteiger partial charge in [-0.3, -0.25) is 14.4 Å². The average Bonchev–Trinajstić information content (AvgIpc) is 3.42. The van der Waals surface area contributed by atoms with Crippen LogP contribution in [0.1, 0.15) is 29.9 Å². The summed E-state index contributed by atoms with van der Waals surface area (Å²) in [5.41, 5.74) is 2.75. The van der Waals surface area contributed by atoms with E-state index in [9.17, 15) is 19.2 Å². The maximum atomic E-state index is 13.3. The summed E-state index contributed by atoms with van der Waals surface area (Å²) in [5, 5.41) is 2.60. The van der Waals surface area contributed by atoms with Gasteiger partial charge in [0, 0.05) is 34.4 Å². The van der Waals surface area contributed by atoms with Crippen molar-refractivity contribution < 1.29 is 19.1 Å². The van der Waals surface area contributed by atoms with Gasteiger partial charge in [-0.15, -0.1) is 0 Å². The zero-order chi connectivity index (χ0) is 31.6. The van der Waals surface area contributed by atoms with E-state index >= 15 is 0 Å². The Bertz CT molecular complexity index is 1690. The lowest BCUT2D eigenvalue weighted by Gasteiger charge is -2.19. The number of aryl methyl sites for hydroxylation is 2. The minimum absolute atomic E-state index is 0.0150. The Kier molecular flexibility index (Phi) is 10.6. The second-order valence-electron chi connectivity index (χ2n) is 10.5. The quantitative estimate of drug-likeness (QED) is 0.235. The summed E-state index contributed by atoms with van der Waals surface area (Å²) in [7, 11) is 6.25. The molecule has 0 radical (unpaired) electrons. The molecular weight excluding hydrogens is 564 g/mol. The van der Waals surface area contributed by atoms with Crippen molar-refractivity contribution in [2.75, 3.05) is 33.5 Å². The van der Waals surface area contributed by atoms with Crippen LogP contribution in [0.5, 0.6) is 0 Å². The molecule has 4 aromatic rings. The van der Waals surface area contributed by atoms with E-state index in [0.717, 1.165) is 12.1 Å². The van der Waals surface area contributed by atoms with E-state index in [1.165, 1.54) is 52.5 Å². The van der Waals surface area contributed by atoms with E-state index in [2.05, 4.69) is 37.4 Å². The topological polar surface area (TPSA) is 155 Å². The Morgan fingerprint density at radius 2 is 1.80 bits per heavy atom. The van der Waals surface area contributed by atoms with Crippen LogP contribution in [0.2, 0.25) is 0 Å². The molecule has 230 valence electrons. The monoisotopic (exact) mass is 600 g/mol. The summed E-state index contributed by atoms with van der Waals surface area (Å²) < 4.78 is 6.77. The fraction of sp³-hybridized carbons (Fsp3) is 0.323. The first kappa shape index (κ1) is 31.6. The van der Waals surface area contributed by atoms with Crippen LogP contribution in [-0.4, -0.2) is 86.5 Å². The SMILES string of the molecule is CN(C)C(=O)/C=C/CCC(OC(=O)N(C)C)C(=O)Nc1cccn(Cc2nc3c(CCc4ccccc4)ncnc3[nH]2)c1=O. The predicted molar refractivity (Wildman–Crippen MR) is 165 cm³/mol. The van der Waals surface area contributed by atoms with Gasteiger partial charge in [-0.25, -0.2) is 19.7 Å². The second kappa shape index (κ2) is 14.7. The molecule has 0 aliphatic rings. The normalized spacial score (nSPS) is 11.8. The highest BCUT2D eigenvalue weighted by atomic mass is 16.6. The van der Waals surface area contributed by atoms with Crippen molar-refractivity contribution in [2.24, 2.45) is 0 Å². The van der Waals surface area contributed by atoms with E-state index in [1.54, 1.807) is 32.4 Å². The van der Waals surface area contributed by atoms with Crippen molar-refractivity contribution in [3.63, 3.8) is 0 Å². The van der Waals surface area contributed by atoms with Gasteiger partial charge in [0.15, 0.2) is 11.8 Å². The van der Waals surface area contributed by atoms with Crippen molar-refractivity contribution in [3.8, 4) is 0 Å². The lowest BCUT2D eigenvalue weighted by Crippen LogP contribution is -2.37. The van der Waals surface area contributed by atoms with Crippen molar-refractivity contribution in [1.82, 2.24) is 34.3 Å². The maximum Gasteiger partial charge on any atom is 0.410 e. The number of allylic oxidation sites excluding steroid dienone is 1. The fourth-order valence-corrected chi connectivity index (χ4v) is 4.27. The number of anilines is 1. The fourth-order valence-electron chi connectivity index (χ4n) is 4.27. The number of imidazole rings is 1. The molecule has 0 aliphatic heterocycles. The van der Waals surface area contributed by atoms with E-state index < -0.39 is 23.7 Å². The van der Waals surface area contributed by atoms with Gasteiger partial charge < -0.3 is 29.4 Å². The molecule has 4 rings (SSSR count). The van der Waals surface area contributed by atoms with Crippen LogP contribution in [-0.2, 0) is 33.7 Å². The van der Waals surface area contributed by atoms with Gasteiger partial charge in [-0.05, 0) is 49.5 Å². The number of amides is 3. The molecule has 0 saturated carbocycles. The third-order valence-corrected chi connectivity index (χ3v) is 6.70. The Balaban J connectivity index is 1.47. The molecule has 3 aromatic heterocycles. The van der Waals surface area contributed by atoms with E-state index in [4.69, 9.17) is 4.74 Å². The Morgan fingerprint density at radius 1 is 1.02 bits per heavy atom. The lowest BCUT2D eigenvalue weighted by atomic mass is 10.1. The largest absolute Gasteiger partial charge is 0.436 e. The number of pyridine rings is 1. The molecular formula is C31H36N8O5. The molecule has 3 amide bonds. The smallest absolute Gasteiger partial charge is 0.410 e. The molecule has 13 nitrogen and oxygen atoms in total. The summed E-state index contributed by atoms with van der Waals surface area (Å²) in [6.07, 6.45) is 6.03. The second-order valence-corrected chi connectivity index (χ2v) is 10.5. The molecule has 1 aromatic carbocycles. The zero-order valence-corrected chi connectivity index (χ0v) is 25.2. The standard InChI is InChI=1S/C31H36N8O5/c1-37(2)26(40)15-9-8-14-24(44-31(43)38(3)4)29(41)34-23-13-10-18-39(30(23)42)19-25-35-27-22(32-20-33-28(27)36-25)17-16-21-11-6-5-7-12-21/h5-7,9-13,15,18,20,24H,8,14,16-17,19H2,1-4H3,(H,34,41)(H,32,33,35,36)/b15-9+. The first-order valence-corrected chi connectivity index (χ1v) is 14.1. The van der Waals surface area contributed by atoms with Gasteiger partial charge in [0.2, 0.25) is 5.91 Å². The highest BCUT2D eigenvalue weighted by Gasteiger charge is 2.24. The molecule has 0 aliphatic carbocycles. The predicted octanol–water partition coefficient (Wildman–Crippen LogP) is 2.78. The number of rotatable bonds is 12. The van der Waals surface area contributed by atoms with Gasteiger partial charge in [0.25, 0.3) is 11.5 Å². The van der Waals surface area contributed by atoms with Gasteiger partial charge in [-0.1, -0.05) is 36.4 Å². The minimum Gasteiger partial charge on any atom is -0.436 e. The van der Waals surface area contributed by atoms with Gasteiger partial charge >= 0.3 is 6.09 Å². The van der Waals surface area contributed by atoms with Gasteiger partial charge in [-0.2, -0.15) is 0 Å². The molecule has 2 N–H and O–H groups in total. The van der Waals surface area contributed by atoms with Crippen LogP contribution in [0.15, 0.2) is 71.9 Å². The number of nitrogens with one attached hydrogen (secondary N) is 2. The average molecular weight is 601 g/mol. The Hall–Kier alpha value is -5.33. The van der Waals surface area contributed by atoms with Crippen LogP contribution >= 0.6 is 0 Å². The lowest BCUT2D eigenvalue weighted by molar-refractivity contribution is -0.125. The van der Waals surface area contributed by atoms with Gasteiger partial charge in [0.1, 0.15) is 23.4 Å². The number of ether oxygens (including phenoxy) is 1. The Morgan fingerprint density at radius 3 is 2.52 bits per heavy atom. The molecule has 0 saturated heterocycles. The molecule has 13 heteroatoms. The van der Waals surface area contributed by atoms with Crippen LogP contribution in [0.4, 0.5) is 10.5 Å². The van der Waals surface area contributed by atoms with Gasteiger partial charge in [0.05, 0.1) is 12.2 Å². The first-order valence-electron chi connectivity index (χ1n) is 14.1. The van der Waals surface area contributed by atoms with Crippen molar-refractivity contribution in [2.45, 2.75) is 38.3 Å². The number of hydrogen-bond donors (Lipinski definition) is 2. The molecule has 0 fully saturated rings. The highest BCUT2D eigenvalue weighted by Crippen LogP contribution is 2.16. The Labute approximate surface area is 254 Å². The molecule has 3 heterocycles. The molecule has 1 unspecified atom stereocenters. The minimum atomic E-state index is -1.19. The summed E-state index contributed by atoms with van der Waals surface area (Å²) in [4.78, 5) is 69.7.